The summed E-state index contributed by atoms with van der Waals surface area (Å²) in [6.45, 7) is 6.99. The van der Waals surface area contributed by atoms with Gasteiger partial charge in [-0.1, -0.05) is 12.1 Å². The number of halogens is 4. The Bertz CT molecular complexity index is 723. The average Bonchev–Trinajstić information content (AvgIpc) is 2.61. The quantitative estimate of drug-likeness (QED) is 0.193. The predicted molar refractivity (Wildman–Crippen MR) is 125 cm³/mol. The summed E-state index contributed by atoms with van der Waals surface area (Å²) >= 11 is 0. The van der Waals surface area contributed by atoms with Gasteiger partial charge in [0.05, 0.1) is 0 Å². The van der Waals surface area contributed by atoms with Gasteiger partial charge >= 0.3 is 12.3 Å². The van der Waals surface area contributed by atoms with Gasteiger partial charge in [-0.15, -0.1) is 24.0 Å². The average molecular weight is 560 g/mol. The monoisotopic (exact) mass is 560 g/mol. The normalized spacial score (nSPS) is 11.9. The van der Waals surface area contributed by atoms with Crippen molar-refractivity contribution in [3.8, 4) is 5.75 Å². The van der Waals surface area contributed by atoms with E-state index in [-0.39, 0.29) is 36.3 Å². The molecule has 0 unspecified atom stereocenters. The number of alkyl halides is 3. The molecule has 11 heteroatoms. The van der Waals surface area contributed by atoms with Crippen LogP contribution in [0.15, 0.2) is 23.2 Å². The molecule has 0 aliphatic heterocycles. The number of alkyl carbamates (subject to hydrolysis) is 1. The van der Waals surface area contributed by atoms with Crippen LogP contribution in [0, 0.1) is 6.92 Å². The number of nitrogens with one attached hydrogen (secondary N) is 3. The number of amides is 1. The fourth-order valence-electron chi connectivity index (χ4n) is 2.30. The van der Waals surface area contributed by atoms with Crippen molar-refractivity contribution in [2.24, 2.45) is 4.99 Å². The molecule has 0 saturated heterocycles. The highest BCUT2D eigenvalue weighted by atomic mass is 127. The molecule has 1 rings (SSSR count). The van der Waals surface area contributed by atoms with Crippen molar-refractivity contribution in [3.05, 3.63) is 29.3 Å². The van der Waals surface area contributed by atoms with Crippen LogP contribution >= 0.6 is 24.0 Å². The molecule has 0 aliphatic rings. The second-order valence-electron chi connectivity index (χ2n) is 7.65. The van der Waals surface area contributed by atoms with Gasteiger partial charge in [0, 0.05) is 32.2 Å². The third-order valence-corrected chi connectivity index (χ3v) is 3.60. The number of carbonyl (C=O) groups excluding carboxylic acids is 1. The molecule has 3 N–H and O–H groups in total. The van der Waals surface area contributed by atoms with E-state index in [4.69, 9.17) is 9.47 Å². The Balaban J connectivity index is 0.00000900. The molecular formula is C20H32F3IN4O3. The molecular weight excluding hydrogens is 528 g/mol. The Labute approximate surface area is 198 Å². The molecule has 0 atom stereocenters. The lowest BCUT2D eigenvalue weighted by Gasteiger charge is -2.19. The van der Waals surface area contributed by atoms with Crippen LogP contribution in [0.2, 0.25) is 0 Å². The third-order valence-electron chi connectivity index (χ3n) is 3.60. The summed E-state index contributed by atoms with van der Waals surface area (Å²) in [7, 11) is 1.59. The molecule has 0 aromatic heterocycles. The summed E-state index contributed by atoms with van der Waals surface area (Å²) < 4.78 is 47.5. The lowest BCUT2D eigenvalue weighted by molar-refractivity contribution is -0.153. The van der Waals surface area contributed by atoms with Crippen molar-refractivity contribution in [2.45, 2.75) is 52.4 Å². The van der Waals surface area contributed by atoms with E-state index in [9.17, 15) is 18.0 Å². The Kier molecular flexibility index (Phi) is 12.6. The van der Waals surface area contributed by atoms with E-state index in [1.165, 1.54) is 0 Å². The zero-order valence-corrected chi connectivity index (χ0v) is 20.8. The number of nitrogens with zero attached hydrogens (tertiary/aromatic N) is 1. The van der Waals surface area contributed by atoms with Crippen LogP contribution < -0.4 is 20.7 Å². The first-order chi connectivity index (χ1) is 13.9. The third kappa shape index (κ3) is 13.9. The first kappa shape index (κ1) is 29.1. The molecule has 0 heterocycles. The van der Waals surface area contributed by atoms with Crippen molar-refractivity contribution in [1.29, 1.82) is 0 Å². The number of guanidine groups is 1. The van der Waals surface area contributed by atoms with Crippen molar-refractivity contribution in [1.82, 2.24) is 16.0 Å². The fourth-order valence-corrected chi connectivity index (χ4v) is 2.30. The van der Waals surface area contributed by atoms with Crippen LogP contribution in [-0.4, -0.2) is 50.6 Å². The molecule has 0 aliphatic carbocycles. The first-order valence-corrected chi connectivity index (χ1v) is 9.60. The predicted octanol–water partition coefficient (Wildman–Crippen LogP) is 4.13. The van der Waals surface area contributed by atoms with Gasteiger partial charge in [-0.05, 0) is 45.7 Å². The summed E-state index contributed by atoms with van der Waals surface area (Å²) in [5, 5.41) is 8.77. The largest absolute Gasteiger partial charge is 0.484 e. The molecule has 7 nitrogen and oxygen atoms in total. The molecule has 0 radical (unpaired) electrons. The van der Waals surface area contributed by atoms with Gasteiger partial charge in [0.25, 0.3) is 0 Å². The number of hydrogen-bond donors (Lipinski definition) is 3. The highest BCUT2D eigenvalue weighted by Crippen LogP contribution is 2.23. The van der Waals surface area contributed by atoms with Gasteiger partial charge < -0.3 is 25.4 Å². The van der Waals surface area contributed by atoms with Crippen LogP contribution in [0.5, 0.6) is 5.75 Å². The maximum atomic E-state index is 12.5. The number of rotatable bonds is 8. The number of aliphatic imine (C=N–C) groups is 1. The smallest absolute Gasteiger partial charge is 0.422 e. The van der Waals surface area contributed by atoms with Crippen molar-refractivity contribution in [3.63, 3.8) is 0 Å². The minimum Gasteiger partial charge on any atom is -0.484 e. The van der Waals surface area contributed by atoms with Crippen molar-refractivity contribution >= 4 is 36.0 Å². The Morgan fingerprint density at radius 1 is 1.10 bits per heavy atom. The Morgan fingerprint density at radius 2 is 1.74 bits per heavy atom. The lowest BCUT2D eigenvalue weighted by atomic mass is 10.1. The van der Waals surface area contributed by atoms with Gasteiger partial charge in [-0.3, -0.25) is 4.99 Å². The number of aryl methyl sites for hydroxylation is 1. The van der Waals surface area contributed by atoms with E-state index in [1.54, 1.807) is 52.9 Å². The second kappa shape index (κ2) is 13.5. The molecule has 0 spiro atoms. The molecule has 178 valence electrons. The van der Waals surface area contributed by atoms with Crippen molar-refractivity contribution < 1.29 is 27.4 Å². The van der Waals surface area contributed by atoms with Crippen LogP contribution in [0.3, 0.4) is 0 Å². The van der Waals surface area contributed by atoms with Crippen LogP contribution in [0.1, 0.15) is 38.3 Å². The van der Waals surface area contributed by atoms with Gasteiger partial charge in [0.15, 0.2) is 12.6 Å². The zero-order chi connectivity index (χ0) is 22.8. The first-order valence-electron chi connectivity index (χ1n) is 9.60. The van der Waals surface area contributed by atoms with Gasteiger partial charge in [0.1, 0.15) is 11.4 Å². The lowest BCUT2D eigenvalue weighted by Crippen LogP contribution is -2.39. The van der Waals surface area contributed by atoms with Gasteiger partial charge in [-0.2, -0.15) is 13.2 Å². The summed E-state index contributed by atoms with van der Waals surface area (Å²) in [6, 6.07) is 5.09. The number of ether oxygens (including phenoxy) is 2. The molecule has 0 fully saturated rings. The van der Waals surface area contributed by atoms with Gasteiger partial charge in [-0.25, -0.2) is 4.79 Å². The van der Waals surface area contributed by atoms with Crippen LogP contribution in [0.4, 0.5) is 18.0 Å². The maximum absolute atomic E-state index is 12.5. The van der Waals surface area contributed by atoms with Gasteiger partial charge in [0.2, 0.25) is 0 Å². The molecule has 31 heavy (non-hydrogen) atoms. The SMILES string of the molecule is CN=C(NCCCNC(=O)OC(C)(C)C)NCc1ccc(C)cc1OCC(F)(F)F.I. The zero-order valence-electron chi connectivity index (χ0n) is 18.5. The summed E-state index contributed by atoms with van der Waals surface area (Å²) in [4.78, 5) is 15.6. The van der Waals surface area contributed by atoms with E-state index in [2.05, 4.69) is 20.9 Å². The maximum Gasteiger partial charge on any atom is 0.422 e. The fraction of sp³-hybridized carbons (Fsp3) is 0.600. The van der Waals surface area contributed by atoms with E-state index < -0.39 is 24.5 Å². The Morgan fingerprint density at radius 3 is 2.32 bits per heavy atom. The molecule has 0 saturated carbocycles. The van der Waals surface area contributed by atoms with E-state index >= 15 is 0 Å². The minimum absolute atomic E-state index is 0. The molecule has 1 aromatic carbocycles. The number of carbonyl (C=O) groups is 1. The highest BCUT2D eigenvalue weighted by Gasteiger charge is 2.28. The topological polar surface area (TPSA) is 84.0 Å². The molecule has 1 amide bonds. The standard InChI is InChI=1S/C20H31F3N4O3.HI/c1-14-7-8-15(16(11-14)29-13-20(21,22)23)12-27-17(24-5)25-9-6-10-26-18(28)30-19(2,3)4;/h7-8,11H,6,9-10,12-13H2,1-5H3,(H,26,28)(H2,24,25,27);1H. The van der Waals surface area contributed by atoms with E-state index in [0.29, 0.717) is 31.0 Å². The van der Waals surface area contributed by atoms with Crippen LogP contribution in [0.25, 0.3) is 0 Å². The molecule has 0 bridgehead atoms. The summed E-state index contributed by atoms with van der Waals surface area (Å²) in [5.41, 5.74) is 0.836. The number of hydrogen-bond acceptors (Lipinski definition) is 4. The Hall–Kier alpha value is -1.92. The van der Waals surface area contributed by atoms with E-state index in [0.717, 1.165) is 5.56 Å². The molecule has 1 aromatic rings. The number of benzene rings is 1. The van der Waals surface area contributed by atoms with Crippen LogP contribution in [-0.2, 0) is 11.3 Å². The highest BCUT2D eigenvalue weighted by molar-refractivity contribution is 14.0. The van der Waals surface area contributed by atoms with Crippen molar-refractivity contribution in [2.75, 3.05) is 26.7 Å². The van der Waals surface area contributed by atoms with E-state index in [1.807, 2.05) is 0 Å². The summed E-state index contributed by atoms with van der Waals surface area (Å²) in [6.07, 6.45) is -4.25. The second-order valence-corrected chi connectivity index (χ2v) is 7.65. The minimum atomic E-state index is -4.40. The summed E-state index contributed by atoms with van der Waals surface area (Å²) in [5.74, 6) is 0.659.